The van der Waals surface area contributed by atoms with E-state index in [-0.39, 0.29) is 17.9 Å². The first-order chi connectivity index (χ1) is 16.4. The van der Waals surface area contributed by atoms with Crippen molar-refractivity contribution in [3.63, 3.8) is 0 Å². The van der Waals surface area contributed by atoms with Crippen LogP contribution in [0.5, 0.6) is 11.5 Å². The lowest BCUT2D eigenvalue weighted by Crippen LogP contribution is -2.42. The van der Waals surface area contributed by atoms with E-state index in [1.807, 2.05) is 0 Å². The Labute approximate surface area is 201 Å². The van der Waals surface area contributed by atoms with E-state index < -0.39 is 23.3 Å². The molecule has 0 aliphatic carbocycles. The molecular formula is C26H27F2N3O4. The highest BCUT2D eigenvalue weighted by Gasteiger charge is 2.30. The van der Waals surface area contributed by atoms with Crippen LogP contribution < -0.4 is 16.0 Å². The molecule has 0 fully saturated rings. The van der Waals surface area contributed by atoms with Gasteiger partial charge in [-0.05, 0) is 63.1 Å². The van der Waals surface area contributed by atoms with Gasteiger partial charge in [0.25, 0.3) is 5.56 Å². The number of carbonyl (C=O) groups is 1. The van der Waals surface area contributed by atoms with Crippen molar-refractivity contribution in [3.8, 4) is 22.6 Å². The van der Waals surface area contributed by atoms with Gasteiger partial charge in [-0.15, -0.1) is 0 Å². The third kappa shape index (κ3) is 5.13. The van der Waals surface area contributed by atoms with Gasteiger partial charge in [-0.2, -0.15) is 0 Å². The van der Waals surface area contributed by atoms with Crippen LogP contribution in [0.1, 0.15) is 31.9 Å². The van der Waals surface area contributed by atoms with Crippen molar-refractivity contribution in [1.29, 1.82) is 0 Å². The zero-order valence-electron chi connectivity index (χ0n) is 20.0. The summed E-state index contributed by atoms with van der Waals surface area (Å²) in [7, 11) is 1.62. The van der Waals surface area contributed by atoms with E-state index >= 15 is 0 Å². The van der Waals surface area contributed by atoms with Crippen molar-refractivity contribution in [2.24, 2.45) is 7.05 Å². The van der Waals surface area contributed by atoms with Gasteiger partial charge in [-0.1, -0.05) is 0 Å². The van der Waals surface area contributed by atoms with E-state index in [4.69, 9.17) is 15.2 Å². The molecule has 2 aromatic carbocycles. The van der Waals surface area contributed by atoms with Gasteiger partial charge in [0, 0.05) is 48.2 Å². The predicted octanol–water partition coefficient (Wildman–Crippen LogP) is 5.00. The highest BCUT2D eigenvalue weighted by molar-refractivity contribution is 5.78. The van der Waals surface area contributed by atoms with E-state index in [0.717, 1.165) is 17.7 Å². The summed E-state index contributed by atoms with van der Waals surface area (Å²) in [5.74, 6) is -1.41. The summed E-state index contributed by atoms with van der Waals surface area (Å²) in [6.07, 6.45) is 1.59. The summed E-state index contributed by atoms with van der Waals surface area (Å²) >= 11 is 0. The molecule has 0 bridgehead atoms. The van der Waals surface area contributed by atoms with Crippen LogP contribution in [0.4, 0.5) is 19.3 Å². The number of amides is 1. The number of nitrogens with two attached hydrogens (primary N) is 1. The number of hydrogen-bond donors (Lipinski definition) is 1. The van der Waals surface area contributed by atoms with Crippen molar-refractivity contribution >= 4 is 11.8 Å². The first-order valence-corrected chi connectivity index (χ1v) is 11.1. The number of ether oxygens (including phenoxy) is 2. The third-order valence-corrected chi connectivity index (χ3v) is 5.63. The van der Waals surface area contributed by atoms with Gasteiger partial charge in [0.1, 0.15) is 17.2 Å². The number of nitrogens with zero attached hydrogens (tertiary/aromatic N) is 2. The molecule has 1 aliphatic rings. The highest BCUT2D eigenvalue weighted by Crippen LogP contribution is 2.39. The zero-order chi connectivity index (χ0) is 25.5. The molecule has 4 rings (SSSR count). The van der Waals surface area contributed by atoms with Gasteiger partial charge in [0.2, 0.25) is 0 Å². The standard InChI is InChI=1S/C26H27F2N3O4/c1-26(2,3)35-25(33)31-10-9-17-19(13-30(4)24(32)20(17)14-31)18-12-16(29)6-8-22(18)34-23-7-5-15(27)11-21(23)28/h5-8,11-13H,9-10,14,29H2,1-4H3. The Balaban J connectivity index is 1.78. The molecule has 0 spiro atoms. The molecule has 0 saturated heterocycles. The van der Waals surface area contributed by atoms with Gasteiger partial charge >= 0.3 is 6.09 Å². The molecule has 2 N–H and O–H groups in total. The van der Waals surface area contributed by atoms with Crippen molar-refractivity contribution in [3.05, 3.63) is 75.7 Å². The minimum atomic E-state index is -0.844. The molecule has 2 heterocycles. The fraction of sp³-hybridized carbons (Fsp3) is 0.308. The largest absolute Gasteiger partial charge is 0.454 e. The normalized spacial score (nSPS) is 13.4. The van der Waals surface area contributed by atoms with Crippen LogP contribution >= 0.6 is 0 Å². The quantitative estimate of drug-likeness (QED) is 0.530. The predicted molar refractivity (Wildman–Crippen MR) is 128 cm³/mol. The second kappa shape index (κ2) is 9.05. The minimum absolute atomic E-state index is 0.0931. The first kappa shape index (κ1) is 24.3. The molecule has 0 atom stereocenters. The molecule has 3 aromatic rings. The number of hydrogen-bond acceptors (Lipinski definition) is 5. The Morgan fingerprint density at radius 3 is 2.43 bits per heavy atom. The molecule has 1 aromatic heterocycles. The molecule has 0 unspecified atom stereocenters. The van der Waals surface area contributed by atoms with Gasteiger partial charge in [-0.3, -0.25) is 4.79 Å². The molecule has 9 heteroatoms. The van der Waals surface area contributed by atoms with Crippen molar-refractivity contribution in [1.82, 2.24) is 9.47 Å². The molecule has 0 radical (unpaired) electrons. The minimum Gasteiger partial charge on any atom is -0.454 e. The number of nitrogen functional groups attached to an aromatic ring is 1. The zero-order valence-corrected chi connectivity index (χ0v) is 20.0. The summed E-state index contributed by atoms with van der Waals surface area (Å²) in [6, 6.07) is 7.94. The van der Waals surface area contributed by atoms with Crippen LogP contribution in [0.15, 0.2) is 47.4 Å². The Kier molecular flexibility index (Phi) is 6.27. The number of halogens is 2. The van der Waals surface area contributed by atoms with Crippen molar-refractivity contribution in [2.45, 2.75) is 39.3 Å². The summed E-state index contributed by atoms with van der Waals surface area (Å²) in [4.78, 5) is 27.1. The van der Waals surface area contributed by atoms with Crippen LogP contribution in [0.2, 0.25) is 0 Å². The maximum absolute atomic E-state index is 14.3. The topological polar surface area (TPSA) is 86.8 Å². The maximum Gasteiger partial charge on any atom is 0.410 e. The van der Waals surface area contributed by atoms with Crippen LogP contribution in [-0.2, 0) is 24.8 Å². The van der Waals surface area contributed by atoms with Crippen LogP contribution in [0.3, 0.4) is 0 Å². The van der Waals surface area contributed by atoms with Gasteiger partial charge in [0.15, 0.2) is 11.6 Å². The lowest BCUT2D eigenvalue weighted by Gasteiger charge is -2.32. The van der Waals surface area contributed by atoms with Crippen molar-refractivity contribution in [2.75, 3.05) is 12.3 Å². The average molecular weight is 484 g/mol. The van der Waals surface area contributed by atoms with E-state index in [9.17, 15) is 18.4 Å². The molecular weight excluding hydrogens is 456 g/mol. The Hall–Kier alpha value is -3.88. The SMILES string of the molecule is Cn1cc(-c2cc(N)ccc2Oc2ccc(F)cc2F)c2c(c1=O)CN(C(=O)OC(C)(C)C)CC2. The molecule has 184 valence electrons. The lowest BCUT2D eigenvalue weighted by molar-refractivity contribution is 0.0223. The smallest absolute Gasteiger partial charge is 0.410 e. The van der Waals surface area contributed by atoms with Crippen LogP contribution in [0.25, 0.3) is 11.1 Å². The summed E-state index contributed by atoms with van der Waals surface area (Å²) in [5, 5.41) is 0. The number of benzene rings is 2. The Morgan fingerprint density at radius 2 is 1.74 bits per heavy atom. The number of pyridine rings is 1. The van der Waals surface area contributed by atoms with E-state index in [0.29, 0.717) is 41.1 Å². The van der Waals surface area contributed by atoms with Crippen molar-refractivity contribution < 1.29 is 23.0 Å². The molecule has 1 amide bonds. The second-order valence-corrected chi connectivity index (χ2v) is 9.50. The summed E-state index contributed by atoms with van der Waals surface area (Å²) in [6.45, 7) is 5.80. The van der Waals surface area contributed by atoms with Gasteiger partial charge < -0.3 is 24.7 Å². The number of rotatable bonds is 3. The lowest BCUT2D eigenvalue weighted by atomic mass is 9.92. The van der Waals surface area contributed by atoms with E-state index in [1.54, 1.807) is 52.2 Å². The first-order valence-electron chi connectivity index (χ1n) is 11.1. The van der Waals surface area contributed by atoms with E-state index in [1.165, 1.54) is 15.5 Å². The van der Waals surface area contributed by atoms with E-state index in [2.05, 4.69) is 0 Å². The number of carbonyl (C=O) groups excluding carboxylic acids is 1. The number of anilines is 1. The molecule has 0 saturated carbocycles. The van der Waals surface area contributed by atoms with Crippen LogP contribution in [0, 0.1) is 11.6 Å². The Bertz CT molecular complexity index is 1360. The number of aromatic nitrogens is 1. The monoisotopic (exact) mass is 483 g/mol. The average Bonchev–Trinajstić information content (AvgIpc) is 2.77. The summed E-state index contributed by atoms with van der Waals surface area (Å²) < 4.78 is 40.4. The second-order valence-electron chi connectivity index (χ2n) is 9.50. The molecule has 7 nitrogen and oxygen atoms in total. The number of fused-ring (bicyclic) bond motifs is 1. The molecule has 1 aliphatic heterocycles. The fourth-order valence-corrected chi connectivity index (χ4v) is 4.04. The summed E-state index contributed by atoms with van der Waals surface area (Å²) in [5.41, 5.74) is 8.05. The van der Waals surface area contributed by atoms with Crippen LogP contribution in [-0.4, -0.2) is 27.7 Å². The number of aryl methyl sites for hydroxylation is 1. The highest BCUT2D eigenvalue weighted by atomic mass is 19.1. The Morgan fingerprint density at radius 1 is 1.03 bits per heavy atom. The fourth-order valence-electron chi connectivity index (χ4n) is 4.04. The third-order valence-electron chi connectivity index (χ3n) is 5.63. The van der Waals surface area contributed by atoms with Gasteiger partial charge in [0.05, 0.1) is 6.54 Å². The maximum atomic E-state index is 14.3. The molecule has 35 heavy (non-hydrogen) atoms. The van der Waals surface area contributed by atoms with Gasteiger partial charge in [-0.25, -0.2) is 13.6 Å².